The largest absolute Gasteiger partial charge is 0.493 e. The third-order valence-electron chi connectivity index (χ3n) is 4.06. The molecule has 0 fully saturated rings. The molecule has 154 valence electrons. The summed E-state index contributed by atoms with van der Waals surface area (Å²) < 4.78 is 34.5. The maximum atomic E-state index is 12.5. The summed E-state index contributed by atoms with van der Waals surface area (Å²) in [4.78, 5) is 25.3. The van der Waals surface area contributed by atoms with Crippen molar-refractivity contribution in [2.24, 2.45) is 0 Å². The first-order valence-electron chi connectivity index (χ1n) is 8.71. The van der Waals surface area contributed by atoms with Crippen LogP contribution in [0.2, 0.25) is 0 Å². The summed E-state index contributed by atoms with van der Waals surface area (Å²) in [6, 6.07) is 11.4. The number of nitrogens with one attached hydrogen (secondary N) is 1. The molecule has 0 spiro atoms. The summed E-state index contributed by atoms with van der Waals surface area (Å²) in [7, 11) is 4.50. The van der Waals surface area contributed by atoms with Crippen LogP contribution in [0.15, 0.2) is 48.5 Å². The van der Waals surface area contributed by atoms with Crippen molar-refractivity contribution in [1.82, 2.24) is 10.2 Å². The van der Waals surface area contributed by atoms with Gasteiger partial charge in [-0.3, -0.25) is 9.59 Å². The molecule has 0 atom stereocenters. The molecule has 0 aromatic heterocycles. The van der Waals surface area contributed by atoms with E-state index in [1.165, 1.54) is 30.2 Å². The second-order valence-electron chi connectivity index (χ2n) is 6.09. The van der Waals surface area contributed by atoms with Gasteiger partial charge in [-0.25, -0.2) is 0 Å². The Hall–Kier alpha value is -3.42. The summed E-state index contributed by atoms with van der Waals surface area (Å²) in [5, 5.41) is 2.53. The van der Waals surface area contributed by atoms with Gasteiger partial charge in [0.2, 0.25) is 5.91 Å². The number of nitrogens with zero attached hydrogens (tertiary/aromatic N) is 1. The smallest absolute Gasteiger partial charge is 0.387 e. The molecule has 0 aliphatic heterocycles. The second kappa shape index (κ2) is 10.2. The first kappa shape index (κ1) is 21.9. The molecule has 0 saturated carbocycles. The fraction of sp³-hybridized carbons (Fsp3) is 0.238. The minimum absolute atomic E-state index is 0.0902. The predicted octanol–water partition coefficient (Wildman–Crippen LogP) is 3.33. The van der Waals surface area contributed by atoms with Gasteiger partial charge in [0.05, 0.1) is 7.11 Å². The first-order valence-corrected chi connectivity index (χ1v) is 8.71. The summed E-state index contributed by atoms with van der Waals surface area (Å²) in [6.45, 7) is -2.78. The van der Waals surface area contributed by atoms with Crippen LogP contribution in [-0.2, 0) is 11.3 Å². The Labute approximate surface area is 167 Å². The minimum Gasteiger partial charge on any atom is -0.493 e. The number of benzene rings is 2. The molecule has 0 radical (unpaired) electrons. The van der Waals surface area contributed by atoms with E-state index in [0.29, 0.717) is 11.1 Å². The lowest BCUT2D eigenvalue weighted by atomic mass is 10.1. The standard InChI is InChI=1S/C21H22F2N2O4/c1-24-20(27)16-8-4-14(5-9-16)7-11-19(26)25(2)13-15-6-10-17(28-3)18(12-15)29-21(22)23/h4-12,21H,13H2,1-3H3,(H,24,27)/b11-7+. The van der Waals surface area contributed by atoms with Crippen LogP contribution >= 0.6 is 0 Å². The normalized spacial score (nSPS) is 10.8. The number of rotatable bonds is 8. The van der Waals surface area contributed by atoms with Crippen molar-refractivity contribution in [3.05, 3.63) is 65.2 Å². The Kier molecular flexibility index (Phi) is 7.70. The van der Waals surface area contributed by atoms with Crippen molar-refractivity contribution >= 4 is 17.9 Å². The number of alkyl halides is 2. The van der Waals surface area contributed by atoms with E-state index in [1.807, 2.05) is 0 Å². The maximum absolute atomic E-state index is 12.5. The number of ether oxygens (including phenoxy) is 2. The van der Waals surface area contributed by atoms with E-state index in [4.69, 9.17) is 4.74 Å². The van der Waals surface area contributed by atoms with E-state index in [0.717, 1.165) is 5.56 Å². The lowest BCUT2D eigenvalue weighted by Gasteiger charge is -2.17. The number of likely N-dealkylation sites (N-methyl/N-ethyl adjacent to an activating group) is 1. The van der Waals surface area contributed by atoms with Gasteiger partial charge < -0.3 is 19.7 Å². The van der Waals surface area contributed by atoms with Gasteiger partial charge >= 0.3 is 6.61 Å². The minimum atomic E-state index is -2.98. The lowest BCUT2D eigenvalue weighted by Crippen LogP contribution is -2.24. The molecule has 2 amide bonds. The van der Waals surface area contributed by atoms with Crippen LogP contribution in [-0.4, -0.2) is 44.5 Å². The number of hydrogen-bond donors (Lipinski definition) is 1. The Morgan fingerprint density at radius 2 is 1.83 bits per heavy atom. The van der Waals surface area contributed by atoms with Crippen molar-refractivity contribution in [1.29, 1.82) is 0 Å². The Morgan fingerprint density at radius 1 is 1.14 bits per heavy atom. The highest BCUT2D eigenvalue weighted by molar-refractivity contribution is 5.94. The molecule has 0 saturated heterocycles. The Balaban J connectivity index is 2.03. The van der Waals surface area contributed by atoms with Crippen LogP contribution in [0.1, 0.15) is 21.5 Å². The molecule has 0 unspecified atom stereocenters. The molecule has 0 heterocycles. The van der Waals surface area contributed by atoms with Gasteiger partial charge in [-0.05, 0) is 41.5 Å². The van der Waals surface area contributed by atoms with Crippen molar-refractivity contribution in [2.45, 2.75) is 13.2 Å². The van der Waals surface area contributed by atoms with Crippen molar-refractivity contribution in [2.75, 3.05) is 21.2 Å². The van der Waals surface area contributed by atoms with Crippen LogP contribution in [0.4, 0.5) is 8.78 Å². The molecule has 0 aliphatic carbocycles. The van der Waals surface area contributed by atoms with Crippen LogP contribution in [0.3, 0.4) is 0 Å². The SMILES string of the molecule is CNC(=O)c1ccc(/C=C/C(=O)N(C)Cc2ccc(OC)c(OC(F)F)c2)cc1. The number of hydrogen-bond acceptors (Lipinski definition) is 4. The summed E-state index contributed by atoms with van der Waals surface area (Å²) in [6.07, 6.45) is 3.03. The zero-order chi connectivity index (χ0) is 21.4. The van der Waals surface area contributed by atoms with E-state index in [-0.39, 0.29) is 29.9 Å². The fourth-order valence-electron chi connectivity index (χ4n) is 2.54. The van der Waals surface area contributed by atoms with E-state index < -0.39 is 6.61 Å². The summed E-state index contributed by atoms with van der Waals surface area (Å²) >= 11 is 0. The van der Waals surface area contributed by atoms with Gasteiger partial charge in [0.15, 0.2) is 11.5 Å². The zero-order valence-corrected chi connectivity index (χ0v) is 16.3. The Bertz CT molecular complexity index is 883. The third kappa shape index (κ3) is 6.31. The molecule has 2 rings (SSSR count). The topological polar surface area (TPSA) is 67.9 Å². The van der Waals surface area contributed by atoms with Crippen LogP contribution < -0.4 is 14.8 Å². The van der Waals surface area contributed by atoms with Crippen molar-refractivity contribution in [3.8, 4) is 11.5 Å². The molecule has 29 heavy (non-hydrogen) atoms. The summed E-state index contributed by atoms with van der Waals surface area (Å²) in [5.74, 6) is -0.366. The van der Waals surface area contributed by atoms with E-state index in [9.17, 15) is 18.4 Å². The van der Waals surface area contributed by atoms with E-state index >= 15 is 0 Å². The van der Waals surface area contributed by atoms with Crippen LogP contribution in [0, 0.1) is 0 Å². The van der Waals surface area contributed by atoms with Gasteiger partial charge in [0.1, 0.15) is 0 Å². The number of halogens is 2. The highest BCUT2D eigenvalue weighted by Crippen LogP contribution is 2.29. The zero-order valence-electron chi connectivity index (χ0n) is 16.3. The third-order valence-corrected chi connectivity index (χ3v) is 4.06. The number of carbonyl (C=O) groups excluding carboxylic acids is 2. The maximum Gasteiger partial charge on any atom is 0.387 e. The Morgan fingerprint density at radius 3 is 2.41 bits per heavy atom. The molecule has 6 nitrogen and oxygen atoms in total. The van der Waals surface area contributed by atoms with Crippen molar-refractivity contribution in [3.63, 3.8) is 0 Å². The molecule has 8 heteroatoms. The fourth-order valence-corrected chi connectivity index (χ4v) is 2.54. The van der Waals surface area contributed by atoms with Crippen LogP contribution in [0.5, 0.6) is 11.5 Å². The molecule has 0 aliphatic rings. The van der Waals surface area contributed by atoms with Gasteiger partial charge in [-0.2, -0.15) is 8.78 Å². The van der Waals surface area contributed by atoms with Gasteiger partial charge in [0.25, 0.3) is 5.91 Å². The van der Waals surface area contributed by atoms with E-state index in [2.05, 4.69) is 10.1 Å². The molecule has 2 aromatic rings. The van der Waals surface area contributed by atoms with E-state index in [1.54, 1.807) is 50.5 Å². The average molecular weight is 404 g/mol. The molecule has 0 bridgehead atoms. The first-order chi connectivity index (χ1) is 13.8. The lowest BCUT2D eigenvalue weighted by molar-refractivity contribution is -0.125. The number of amides is 2. The highest BCUT2D eigenvalue weighted by atomic mass is 19.3. The average Bonchev–Trinajstić information content (AvgIpc) is 2.71. The number of carbonyl (C=O) groups is 2. The highest BCUT2D eigenvalue weighted by Gasteiger charge is 2.13. The molecule has 1 N–H and O–H groups in total. The van der Waals surface area contributed by atoms with Crippen molar-refractivity contribution < 1.29 is 27.8 Å². The summed E-state index contributed by atoms with van der Waals surface area (Å²) in [5.41, 5.74) is 1.89. The number of methoxy groups -OCH3 is 1. The van der Waals surface area contributed by atoms with Gasteiger partial charge in [0, 0.05) is 32.3 Å². The monoisotopic (exact) mass is 404 g/mol. The molecular formula is C21H22F2N2O4. The predicted molar refractivity (Wildman–Crippen MR) is 105 cm³/mol. The molecular weight excluding hydrogens is 382 g/mol. The van der Waals surface area contributed by atoms with Crippen LogP contribution in [0.25, 0.3) is 6.08 Å². The van der Waals surface area contributed by atoms with Gasteiger partial charge in [-0.1, -0.05) is 18.2 Å². The van der Waals surface area contributed by atoms with Gasteiger partial charge in [-0.15, -0.1) is 0 Å². The molecule has 2 aromatic carbocycles. The second-order valence-corrected chi connectivity index (χ2v) is 6.09. The quantitative estimate of drug-likeness (QED) is 0.686.